The monoisotopic (exact) mass is 384 g/mol. The molecule has 27 heavy (non-hydrogen) atoms. The Bertz CT molecular complexity index is 1010. The number of ether oxygens (including phenoxy) is 1. The molecule has 1 aliphatic rings. The molecule has 2 heterocycles. The molecule has 0 unspecified atom stereocenters. The second kappa shape index (κ2) is 7.25. The first kappa shape index (κ1) is 17.9. The van der Waals surface area contributed by atoms with E-state index in [1.54, 1.807) is 6.07 Å². The first-order chi connectivity index (χ1) is 13.0. The van der Waals surface area contributed by atoms with Crippen LogP contribution in [0.4, 0.5) is 11.4 Å². The predicted octanol–water partition coefficient (Wildman–Crippen LogP) is 4.79. The fourth-order valence-corrected chi connectivity index (χ4v) is 3.68. The van der Waals surface area contributed by atoms with Gasteiger partial charge in [-0.2, -0.15) is 0 Å². The molecule has 4 rings (SSSR count). The Balaban J connectivity index is 1.56. The summed E-state index contributed by atoms with van der Waals surface area (Å²) in [5.74, 6) is 0.0421. The summed E-state index contributed by atoms with van der Waals surface area (Å²) in [5.41, 5.74) is 4.27. The van der Waals surface area contributed by atoms with Crippen LogP contribution in [0.2, 0.25) is 5.02 Å². The quantitative estimate of drug-likeness (QED) is 0.705. The highest BCUT2D eigenvalue weighted by atomic mass is 35.5. The first-order valence-electron chi connectivity index (χ1n) is 8.96. The third-order valence-electron chi connectivity index (χ3n) is 4.86. The molecule has 1 aliphatic heterocycles. The van der Waals surface area contributed by atoms with Gasteiger partial charge in [0.2, 0.25) is 0 Å². The lowest BCUT2D eigenvalue weighted by Gasteiger charge is -2.29. The molecule has 5 nitrogen and oxygen atoms in total. The van der Waals surface area contributed by atoms with Gasteiger partial charge in [0.1, 0.15) is 5.58 Å². The minimum Gasteiger partial charge on any atom is -0.451 e. The number of benzene rings is 2. The lowest BCUT2D eigenvalue weighted by molar-refractivity contribution is 0.0998. The molecule has 0 aliphatic carbocycles. The minimum absolute atomic E-state index is 0.281. The van der Waals surface area contributed by atoms with Crippen molar-refractivity contribution < 1.29 is 13.9 Å². The number of nitrogens with one attached hydrogen (secondary N) is 1. The summed E-state index contributed by atoms with van der Waals surface area (Å²) in [6.45, 7) is 6.92. The van der Waals surface area contributed by atoms with Crippen LogP contribution in [0.5, 0.6) is 0 Å². The number of rotatable bonds is 3. The van der Waals surface area contributed by atoms with Crippen molar-refractivity contribution in [3.63, 3.8) is 0 Å². The number of nitrogens with zero attached hydrogens (tertiary/aromatic N) is 1. The van der Waals surface area contributed by atoms with E-state index in [-0.39, 0.29) is 5.91 Å². The van der Waals surface area contributed by atoms with Crippen LogP contribution in [0.3, 0.4) is 0 Å². The summed E-state index contributed by atoms with van der Waals surface area (Å²) in [7, 11) is 0. The van der Waals surface area contributed by atoms with Crippen molar-refractivity contribution in [2.24, 2.45) is 0 Å². The minimum atomic E-state index is -0.281. The number of furan rings is 1. The maximum Gasteiger partial charge on any atom is 0.291 e. The number of amides is 1. The molecule has 0 bridgehead atoms. The van der Waals surface area contributed by atoms with Gasteiger partial charge in [-0.25, -0.2) is 0 Å². The van der Waals surface area contributed by atoms with Crippen molar-refractivity contribution in [3.8, 4) is 0 Å². The topological polar surface area (TPSA) is 54.7 Å². The SMILES string of the molecule is Cc1ccc2oc(C(=O)Nc3ccc(N4CCOCC4)c(Cl)c3)c(C)c2c1. The number of carbonyl (C=O) groups excluding carboxylic acids is 1. The van der Waals surface area contributed by atoms with Gasteiger partial charge in [-0.05, 0) is 44.2 Å². The van der Waals surface area contributed by atoms with E-state index in [4.69, 9.17) is 20.8 Å². The van der Waals surface area contributed by atoms with E-state index >= 15 is 0 Å². The maximum atomic E-state index is 12.7. The largest absolute Gasteiger partial charge is 0.451 e. The second-order valence-electron chi connectivity index (χ2n) is 6.78. The highest BCUT2D eigenvalue weighted by Crippen LogP contribution is 2.31. The number of aryl methyl sites for hydroxylation is 2. The van der Waals surface area contributed by atoms with Crippen LogP contribution in [-0.4, -0.2) is 32.2 Å². The van der Waals surface area contributed by atoms with Crippen LogP contribution in [0.1, 0.15) is 21.7 Å². The van der Waals surface area contributed by atoms with Gasteiger partial charge in [-0.3, -0.25) is 4.79 Å². The van der Waals surface area contributed by atoms with Crippen molar-refractivity contribution in [3.05, 3.63) is 58.3 Å². The number of anilines is 2. The smallest absolute Gasteiger partial charge is 0.291 e. The third-order valence-corrected chi connectivity index (χ3v) is 5.16. The Hall–Kier alpha value is -2.50. The molecule has 2 aromatic carbocycles. The maximum absolute atomic E-state index is 12.7. The number of fused-ring (bicyclic) bond motifs is 1. The van der Waals surface area contributed by atoms with E-state index in [1.807, 2.05) is 44.2 Å². The molecule has 1 fully saturated rings. The molecule has 6 heteroatoms. The van der Waals surface area contributed by atoms with Crippen LogP contribution < -0.4 is 10.2 Å². The van der Waals surface area contributed by atoms with Gasteiger partial charge in [-0.15, -0.1) is 0 Å². The van der Waals surface area contributed by atoms with E-state index in [2.05, 4.69) is 10.2 Å². The summed E-state index contributed by atoms with van der Waals surface area (Å²) < 4.78 is 11.1. The summed E-state index contributed by atoms with van der Waals surface area (Å²) >= 11 is 6.45. The van der Waals surface area contributed by atoms with Crippen LogP contribution in [0, 0.1) is 13.8 Å². The zero-order valence-corrected chi connectivity index (χ0v) is 16.1. The van der Waals surface area contributed by atoms with Gasteiger partial charge in [0, 0.05) is 29.7 Å². The van der Waals surface area contributed by atoms with Crippen LogP contribution in [-0.2, 0) is 4.74 Å². The number of morpholine rings is 1. The van der Waals surface area contributed by atoms with E-state index in [9.17, 15) is 4.79 Å². The van der Waals surface area contributed by atoms with Crippen molar-refractivity contribution in [2.45, 2.75) is 13.8 Å². The van der Waals surface area contributed by atoms with Crippen molar-refractivity contribution in [2.75, 3.05) is 36.5 Å². The summed E-state index contributed by atoms with van der Waals surface area (Å²) in [6, 6.07) is 11.4. The molecule has 0 radical (unpaired) electrons. The van der Waals surface area contributed by atoms with Crippen LogP contribution >= 0.6 is 11.6 Å². The molecule has 1 amide bonds. The van der Waals surface area contributed by atoms with E-state index < -0.39 is 0 Å². The standard InChI is InChI=1S/C21H21ClN2O3/c1-13-3-6-19-16(11-13)14(2)20(27-19)21(25)23-15-4-5-18(17(22)12-15)24-7-9-26-10-8-24/h3-6,11-12H,7-10H2,1-2H3,(H,23,25). The summed E-state index contributed by atoms with van der Waals surface area (Å²) in [5, 5.41) is 4.45. The average Bonchev–Trinajstić information content (AvgIpc) is 2.99. The van der Waals surface area contributed by atoms with E-state index in [0.717, 1.165) is 35.3 Å². The van der Waals surface area contributed by atoms with Crippen molar-refractivity contribution in [1.29, 1.82) is 0 Å². The Morgan fingerprint density at radius 1 is 1.11 bits per heavy atom. The van der Waals surface area contributed by atoms with Crippen LogP contribution in [0.25, 0.3) is 11.0 Å². The molecular formula is C21H21ClN2O3. The highest BCUT2D eigenvalue weighted by molar-refractivity contribution is 6.33. The third kappa shape index (κ3) is 3.53. The van der Waals surface area contributed by atoms with Crippen molar-refractivity contribution in [1.82, 2.24) is 0 Å². The molecular weight excluding hydrogens is 364 g/mol. The molecule has 0 atom stereocenters. The molecule has 1 N–H and O–H groups in total. The molecule has 3 aromatic rings. The molecule has 0 spiro atoms. The fourth-order valence-electron chi connectivity index (χ4n) is 3.38. The Kier molecular flexibility index (Phi) is 4.81. The lowest BCUT2D eigenvalue weighted by atomic mass is 10.1. The van der Waals surface area contributed by atoms with Crippen molar-refractivity contribution >= 4 is 39.9 Å². The molecule has 140 valence electrons. The van der Waals surface area contributed by atoms with E-state index in [0.29, 0.717) is 35.3 Å². The average molecular weight is 385 g/mol. The van der Waals surface area contributed by atoms with E-state index in [1.165, 1.54) is 0 Å². The summed E-state index contributed by atoms with van der Waals surface area (Å²) in [6.07, 6.45) is 0. The molecule has 1 saturated heterocycles. The zero-order valence-electron chi connectivity index (χ0n) is 15.3. The lowest BCUT2D eigenvalue weighted by Crippen LogP contribution is -2.36. The normalized spacial score (nSPS) is 14.6. The van der Waals surface area contributed by atoms with Gasteiger partial charge in [0.05, 0.1) is 23.9 Å². The van der Waals surface area contributed by atoms with Gasteiger partial charge in [-0.1, -0.05) is 23.2 Å². The fraction of sp³-hybridized carbons (Fsp3) is 0.286. The second-order valence-corrected chi connectivity index (χ2v) is 7.18. The zero-order chi connectivity index (χ0) is 19.0. The number of halogens is 1. The van der Waals surface area contributed by atoms with Gasteiger partial charge in [0.25, 0.3) is 5.91 Å². The molecule has 0 saturated carbocycles. The number of hydrogen-bond acceptors (Lipinski definition) is 4. The predicted molar refractivity (Wildman–Crippen MR) is 108 cm³/mol. The first-order valence-corrected chi connectivity index (χ1v) is 9.34. The highest BCUT2D eigenvalue weighted by Gasteiger charge is 2.19. The van der Waals surface area contributed by atoms with Gasteiger partial charge in [0.15, 0.2) is 5.76 Å². The Labute approximate surface area is 162 Å². The Morgan fingerprint density at radius 3 is 2.63 bits per heavy atom. The van der Waals surface area contributed by atoms with Crippen LogP contribution in [0.15, 0.2) is 40.8 Å². The number of carbonyl (C=O) groups is 1. The Morgan fingerprint density at radius 2 is 1.89 bits per heavy atom. The molecule has 1 aromatic heterocycles. The number of hydrogen-bond donors (Lipinski definition) is 1. The van der Waals surface area contributed by atoms with Gasteiger partial charge < -0.3 is 19.4 Å². The van der Waals surface area contributed by atoms with Gasteiger partial charge >= 0.3 is 0 Å². The summed E-state index contributed by atoms with van der Waals surface area (Å²) in [4.78, 5) is 14.9.